The van der Waals surface area contributed by atoms with E-state index in [4.69, 9.17) is 61.0 Å². The minimum atomic E-state index is -5.56. The third kappa shape index (κ3) is 13.6. The summed E-state index contributed by atoms with van der Waals surface area (Å²) in [5.41, 5.74) is -0.0366. The average molecular weight is 1340 g/mol. The van der Waals surface area contributed by atoms with E-state index < -0.39 is 211 Å². The van der Waals surface area contributed by atoms with E-state index in [9.17, 15) is 81.8 Å². The van der Waals surface area contributed by atoms with Crippen LogP contribution in [0, 0.1) is 39.4 Å². The molecule has 1 unspecified atom stereocenters. The van der Waals surface area contributed by atoms with Crippen LogP contribution in [0.15, 0.2) is 23.8 Å². The summed E-state index contributed by atoms with van der Waals surface area (Å²) in [4.78, 5) is 13.9. The van der Waals surface area contributed by atoms with Crippen LogP contribution < -0.4 is 59.1 Å². The van der Waals surface area contributed by atoms with Gasteiger partial charge >= 0.3 is 65.1 Å². The van der Waals surface area contributed by atoms with E-state index in [-0.39, 0.29) is 94.4 Å². The zero-order valence-electron chi connectivity index (χ0n) is 50.9. The van der Waals surface area contributed by atoms with Gasteiger partial charge in [-0.15, -0.1) is 0 Å². The number of hydrogen-bond donors (Lipinski definition) is 10. The number of ether oxygens (including phenoxy) is 12. The molecule has 6 heterocycles. The van der Waals surface area contributed by atoms with Gasteiger partial charge in [0.1, 0.15) is 110 Å². The van der Waals surface area contributed by atoms with Gasteiger partial charge in [0.05, 0.1) is 44.1 Å². The zero-order valence-corrected chi connectivity index (χ0v) is 56.5. The van der Waals surface area contributed by atoms with E-state index in [1.54, 1.807) is 0 Å². The number of carbonyl (C=O) groups excluding carboxylic acids is 1. The Balaban J connectivity index is 0.00000512. The molecule has 0 aromatic carbocycles. The predicted molar refractivity (Wildman–Crippen MR) is 281 cm³/mol. The van der Waals surface area contributed by atoms with Gasteiger partial charge in [0, 0.05) is 18.4 Å². The first-order chi connectivity index (χ1) is 40.6. The summed E-state index contributed by atoms with van der Waals surface area (Å²) in [7, 11) is -9.88. The number of aliphatic hydroxyl groups excluding tert-OH is 10. The summed E-state index contributed by atoms with van der Waals surface area (Å²) >= 11 is 0. The summed E-state index contributed by atoms with van der Waals surface area (Å²) in [6, 6.07) is 0. The predicted octanol–water partition coefficient (Wildman–Crippen LogP) is -9.90. The number of aliphatic hydroxyl groups is 10. The van der Waals surface area contributed by atoms with Crippen LogP contribution in [0.25, 0.3) is 0 Å². The molecule has 0 radical (unpaired) electrons. The standard InChI is InChI=1S/C54H84O31S2.2Na/c1-20(2)31-25-15-53(7)23-9-10-29-51(4,5)30(12-13-52(29,6)22(23)11-14-54(31,53)50(65)79-25)80-48-43(34(59)28(18-74-48)85-87(69,70)71)84-49-44(83-46-36(61)35(60)32(57)26(16-55)77-46)37(62)40(21(3)76-49)81-47-39(64)42(33(58)27(78-47)19-75-86(66,67)68)82-45-38(63)41(72-8)24(56)17-73-45;;/h9,21-22,24-49,55-64H,1,10-19H2,2-8H3,(H,66,67,68)(H,69,70,71);;/q;2*+1/p-2/t21-,22+,24-,25-,26-,27-,28-,29?,30+,31+,32-,33-,34+,35+,36-,37+,38-,39-,40-,41+,42+,43-,44-,45+,46+,47+,48+,49+,52-,53+,54-;;/m1../s1. The Bertz CT molecular complexity index is 2770. The van der Waals surface area contributed by atoms with Crippen LogP contribution >= 0.6 is 0 Å². The fraction of sp³-hybridized carbons (Fsp3) is 0.907. The van der Waals surface area contributed by atoms with Crippen molar-refractivity contribution in [2.75, 3.05) is 33.5 Å². The molecule has 0 aromatic heterocycles. The summed E-state index contributed by atoms with van der Waals surface area (Å²) in [6.07, 6.45) is -39.0. The topological polar surface area (TPSA) is 463 Å². The minimum Gasteiger partial charge on any atom is -0.726 e. The molecule has 10 rings (SSSR count). The van der Waals surface area contributed by atoms with E-state index in [0.29, 0.717) is 32.1 Å². The number of methoxy groups -OCH3 is 1. The second-order valence-corrected chi connectivity index (χ2v) is 28.1. The van der Waals surface area contributed by atoms with Gasteiger partial charge in [0.25, 0.3) is 0 Å². The molecule has 0 aromatic rings. The summed E-state index contributed by atoms with van der Waals surface area (Å²) in [5, 5.41) is 112. The molecule has 10 aliphatic rings. The number of allylic oxidation sites excluding steroid dienone is 2. The maximum Gasteiger partial charge on any atom is 1.00 e. The van der Waals surface area contributed by atoms with E-state index >= 15 is 0 Å². The Morgan fingerprint density at radius 2 is 1.29 bits per heavy atom. The normalized spacial score (nSPS) is 49.6. The molecule has 9 fully saturated rings. The van der Waals surface area contributed by atoms with Crippen LogP contribution in [0.5, 0.6) is 0 Å². The van der Waals surface area contributed by atoms with Gasteiger partial charge in [-0.25, -0.2) is 16.8 Å². The van der Waals surface area contributed by atoms with Crippen LogP contribution in [-0.4, -0.2) is 270 Å². The molecule has 31 nitrogen and oxygen atoms in total. The second-order valence-electron chi connectivity index (χ2n) is 26.0. The SMILES string of the molecule is C=C(C)[C@H]1[C@H]2C[C@@]3(C)C4=CCC5C(C)(C)[C@@H](O[C@@H]6OC[C@@H](OS(=O)(=O)[O-])[C@H](O)[C@H]6O[C@@H]6O[C@H](C)[C@@H](O[C@@H]7O[C@H](COS(=O)(=O)[O-])[C@@H](O)[C@H](O[C@@H]8OC[C@@H](O)[C@H](OC)[C@H]8O)[C@H]7O)[C@H](O)[C@H]6O[C@@H]6O[C@H](CO)[C@@H](O)[C@H](O)[C@H]6O)CC[C@]5(C)[C@H]4CC[C@]13C(=O)O2.[Na+].[Na+]. The molecular weight excluding hydrogens is 1250 g/mol. The molecule has 0 amide bonds. The molecule has 10 N–H and O–H groups in total. The first-order valence-electron chi connectivity index (χ1n) is 29.2. The van der Waals surface area contributed by atoms with Crippen molar-refractivity contribution >= 4 is 26.8 Å². The molecule has 35 heteroatoms. The molecule has 89 heavy (non-hydrogen) atoms. The first kappa shape index (κ1) is 74.6. The second kappa shape index (κ2) is 28.0. The van der Waals surface area contributed by atoms with Crippen molar-refractivity contribution < 1.29 is 206 Å². The van der Waals surface area contributed by atoms with Gasteiger partial charge in [-0.1, -0.05) is 51.5 Å². The maximum atomic E-state index is 13.9. The Hall–Kier alpha value is -0.150. The third-order valence-electron chi connectivity index (χ3n) is 20.8. The van der Waals surface area contributed by atoms with Crippen LogP contribution in [-0.2, 0) is 90.8 Å². The number of esters is 1. The third-order valence-corrected chi connectivity index (χ3v) is 21.7. The van der Waals surface area contributed by atoms with E-state index in [2.05, 4.69) is 30.7 Å². The number of hydrogen-bond acceptors (Lipinski definition) is 31. The van der Waals surface area contributed by atoms with Crippen molar-refractivity contribution in [1.29, 1.82) is 0 Å². The Morgan fingerprint density at radius 1 is 0.685 bits per heavy atom. The zero-order chi connectivity index (χ0) is 63.6. The summed E-state index contributed by atoms with van der Waals surface area (Å²) < 4.78 is 152. The van der Waals surface area contributed by atoms with Crippen LogP contribution in [0.1, 0.15) is 80.1 Å². The number of fused-ring (bicyclic) bond motifs is 5. The van der Waals surface area contributed by atoms with Crippen LogP contribution in [0.4, 0.5) is 0 Å². The largest absolute Gasteiger partial charge is 1.00 e. The Labute approximate surface area is 559 Å². The minimum absolute atomic E-state index is 0. The van der Waals surface area contributed by atoms with Gasteiger partial charge in [-0.05, 0) is 75.0 Å². The molecular formula is C54H82Na2O31S2. The van der Waals surface area contributed by atoms with Crippen LogP contribution in [0.2, 0.25) is 0 Å². The van der Waals surface area contributed by atoms with Crippen molar-refractivity contribution in [2.45, 2.75) is 234 Å². The average Bonchev–Trinajstić information content (AvgIpc) is 1.55. The molecule has 3 saturated carbocycles. The molecule has 498 valence electrons. The van der Waals surface area contributed by atoms with Gasteiger partial charge in [0.15, 0.2) is 31.5 Å². The summed E-state index contributed by atoms with van der Waals surface area (Å²) in [6.45, 7) is 12.6. The number of carbonyl (C=O) groups is 1. The molecule has 31 atom stereocenters. The Kier molecular flexibility index (Phi) is 23.5. The maximum absolute atomic E-state index is 13.9. The molecule has 6 saturated heterocycles. The first-order valence-corrected chi connectivity index (χ1v) is 31.8. The smallest absolute Gasteiger partial charge is 0.726 e. The van der Waals surface area contributed by atoms with Crippen molar-refractivity contribution in [3.63, 3.8) is 0 Å². The Morgan fingerprint density at radius 3 is 1.93 bits per heavy atom. The van der Waals surface area contributed by atoms with Crippen molar-refractivity contribution in [2.24, 2.45) is 39.4 Å². The number of rotatable bonds is 18. The monoisotopic (exact) mass is 1340 g/mol. The van der Waals surface area contributed by atoms with E-state index in [1.165, 1.54) is 12.5 Å². The van der Waals surface area contributed by atoms with Crippen LogP contribution in [0.3, 0.4) is 0 Å². The van der Waals surface area contributed by atoms with E-state index in [0.717, 1.165) is 19.1 Å². The fourth-order valence-corrected chi connectivity index (χ4v) is 17.3. The fourth-order valence-electron chi connectivity index (χ4n) is 16.5. The summed E-state index contributed by atoms with van der Waals surface area (Å²) in [5.74, 6) is -0.250. The van der Waals surface area contributed by atoms with Crippen molar-refractivity contribution in [1.82, 2.24) is 0 Å². The van der Waals surface area contributed by atoms with Gasteiger partial charge < -0.3 is 117 Å². The quantitative estimate of drug-likeness (QED) is 0.0200. The van der Waals surface area contributed by atoms with E-state index in [1.807, 2.05) is 20.8 Å². The van der Waals surface area contributed by atoms with Crippen molar-refractivity contribution in [3.05, 3.63) is 23.8 Å². The van der Waals surface area contributed by atoms with Gasteiger partial charge in [0.2, 0.25) is 20.8 Å². The van der Waals surface area contributed by atoms with Crippen molar-refractivity contribution in [3.8, 4) is 0 Å². The molecule has 4 aliphatic carbocycles. The molecule has 6 aliphatic heterocycles. The molecule has 2 bridgehead atoms. The van der Waals surface area contributed by atoms with Gasteiger partial charge in [-0.3, -0.25) is 13.2 Å². The molecule has 1 spiro atoms. The van der Waals surface area contributed by atoms with Gasteiger partial charge in [-0.2, -0.15) is 0 Å².